The highest BCUT2D eigenvalue weighted by atomic mass is 32.1. The molecular weight excluding hydrogens is 206 g/mol. The van der Waals surface area contributed by atoms with Crippen LogP contribution in [0, 0.1) is 0 Å². The van der Waals surface area contributed by atoms with E-state index in [9.17, 15) is 0 Å². The molecule has 1 heterocycles. The van der Waals surface area contributed by atoms with Gasteiger partial charge in [-0.3, -0.25) is 0 Å². The van der Waals surface area contributed by atoms with Crippen molar-refractivity contribution in [3.8, 4) is 0 Å². The van der Waals surface area contributed by atoms with Crippen LogP contribution in [-0.4, -0.2) is 15.9 Å². The Morgan fingerprint density at radius 3 is 2.80 bits per heavy atom. The fraction of sp³-hybridized carbons (Fsp3) is 0.273. The number of hydrogen-bond donors (Lipinski definition) is 1. The van der Waals surface area contributed by atoms with Gasteiger partial charge in [-0.1, -0.05) is 37.3 Å². The van der Waals surface area contributed by atoms with Crippen molar-refractivity contribution >= 4 is 16.7 Å². The summed E-state index contributed by atoms with van der Waals surface area (Å²) >= 11 is 1.39. The zero-order valence-corrected chi connectivity index (χ0v) is 9.37. The molecule has 2 aromatic rings. The predicted molar refractivity (Wildman–Crippen MR) is 63.3 cm³/mol. The average molecular weight is 219 g/mol. The molecule has 0 fully saturated rings. The normalized spacial score (nSPS) is 12.3. The lowest BCUT2D eigenvalue weighted by molar-refractivity contribution is 0.804. The number of rotatable bonds is 4. The molecule has 0 bridgehead atoms. The minimum absolute atomic E-state index is 0.482. The Hall–Kier alpha value is -1.42. The van der Waals surface area contributed by atoms with Gasteiger partial charge in [-0.2, -0.15) is 4.37 Å². The first-order valence-corrected chi connectivity index (χ1v) is 5.69. The molecular formula is C11H13N3S. The first-order valence-electron chi connectivity index (χ1n) is 4.92. The average Bonchev–Trinajstić information content (AvgIpc) is 2.80. The zero-order valence-electron chi connectivity index (χ0n) is 8.55. The van der Waals surface area contributed by atoms with E-state index in [-0.39, 0.29) is 0 Å². The summed E-state index contributed by atoms with van der Waals surface area (Å²) in [5, 5.41) is 4.15. The van der Waals surface area contributed by atoms with Crippen LogP contribution in [-0.2, 0) is 0 Å². The molecule has 0 radical (unpaired) electrons. The standard InChI is InChI=1S/C11H13N3S/c1-9(10-5-3-2-4-6-10)7-12-11-13-8-14-15-11/h2-6,8-9H,7H2,1H3,(H,12,13,14). The molecule has 1 atom stereocenters. The van der Waals surface area contributed by atoms with E-state index in [0.29, 0.717) is 5.92 Å². The molecule has 4 heteroatoms. The van der Waals surface area contributed by atoms with Crippen LogP contribution in [0.1, 0.15) is 18.4 Å². The molecule has 15 heavy (non-hydrogen) atoms. The first-order chi connectivity index (χ1) is 7.36. The van der Waals surface area contributed by atoms with Gasteiger partial charge < -0.3 is 5.32 Å². The second-order valence-corrected chi connectivity index (χ2v) is 4.22. The highest BCUT2D eigenvalue weighted by Gasteiger charge is 2.04. The van der Waals surface area contributed by atoms with Gasteiger partial charge in [0.1, 0.15) is 6.33 Å². The molecule has 0 spiro atoms. The largest absolute Gasteiger partial charge is 0.360 e. The summed E-state index contributed by atoms with van der Waals surface area (Å²) in [5.41, 5.74) is 1.34. The highest BCUT2D eigenvalue weighted by molar-refractivity contribution is 7.09. The molecule has 78 valence electrons. The fourth-order valence-electron chi connectivity index (χ4n) is 1.39. The summed E-state index contributed by atoms with van der Waals surface area (Å²) in [5.74, 6) is 0.482. The third-order valence-electron chi connectivity index (χ3n) is 2.29. The monoisotopic (exact) mass is 219 g/mol. The van der Waals surface area contributed by atoms with Crippen LogP contribution in [0.2, 0.25) is 0 Å². The molecule has 0 saturated carbocycles. The number of aromatic nitrogens is 2. The van der Waals surface area contributed by atoms with E-state index in [0.717, 1.165) is 11.7 Å². The van der Waals surface area contributed by atoms with E-state index >= 15 is 0 Å². The van der Waals surface area contributed by atoms with Gasteiger partial charge in [0, 0.05) is 18.1 Å². The molecule has 0 saturated heterocycles. The van der Waals surface area contributed by atoms with Crippen LogP contribution >= 0.6 is 11.5 Å². The molecule has 1 unspecified atom stereocenters. The Bertz CT molecular complexity index is 385. The number of benzene rings is 1. The van der Waals surface area contributed by atoms with E-state index in [4.69, 9.17) is 0 Å². The lowest BCUT2D eigenvalue weighted by Crippen LogP contribution is -2.09. The van der Waals surface area contributed by atoms with Crippen LogP contribution in [0.15, 0.2) is 36.7 Å². The van der Waals surface area contributed by atoms with Crippen LogP contribution in [0.25, 0.3) is 0 Å². The van der Waals surface area contributed by atoms with Crippen molar-refractivity contribution in [2.24, 2.45) is 0 Å². The summed E-state index contributed by atoms with van der Waals surface area (Å²) in [7, 11) is 0. The molecule has 1 aromatic heterocycles. The summed E-state index contributed by atoms with van der Waals surface area (Å²) in [6, 6.07) is 10.5. The Morgan fingerprint density at radius 2 is 2.13 bits per heavy atom. The van der Waals surface area contributed by atoms with Crippen LogP contribution in [0.4, 0.5) is 5.13 Å². The first kappa shape index (κ1) is 10.1. The Kier molecular flexibility index (Phi) is 3.29. The van der Waals surface area contributed by atoms with Gasteiger partial charge in [0.15, 0.2) is 0 Å². The van der Waals surface area contributed by atoms with Crippen LogP contribution < -0.4 is 5.32 Å². The summed E-state index contributed by atoms with van der Waals surface area (Å²) in [6.45, 7) is 3.09. The molecule has 0 amide bonds. The van der Waals surface area contributed by atoms with Crippen molar-refractivity contribution in [3.63, 3.8) is 0 Å². The van der Waals surface area contributed by atoms with Crippen LogP contribution in [0.3, 0.4) is 0 Å². The van der Waals surface area contributed by atoms with Gasteiger partial charge in [-0.05, 0) is 11.5 Å². The zero-order chi connectivity index (χ0) is 10.5. The van der Waals surface area contributed by atoms with Crippen molar-refractivity contribution < 1.29 is 0 Å². The highest BCUT2D eigenvalue weighted by Crippen LogP contribution is 2.16. The number of nitrogens with one attached hydrogen (secondary N) is 1. The number of anilines is 1. The van der Waals surface area contributed by atoms with Gasteiger partial charge >= 0.3 is 0 Å². The second-order valence-electron chi connectivity index (χ2n) is 3.44. The molecule has 1 N–H and O–H groups in total. The van der Waals surface area contributed by atoms with Gasteiger partial charge in [-0.25, -0.2) is 4.98 Å². The molecule has 0 aliphatic heterocycles. The molecule has 0 aliphatic carbocycles. The van der Waals surface area contributed by atoms with Gasteiger partial charge in [-0.15, -0.1) is 0 Å². The Balaban J connectivity index is 1.90. The van der Waals surface area contributed by atoms with E-state index in [1.165, 1.54) is 17.1 Å². The minimum atomic E-state index is 0.482. The summed E-state index contributed by atoms with van der Waals surface area (Å²) < 4.78 is 3.94. The maximum atomic E-state index is 4.08. The van der Waals surface area contributed by atoms with Gasteiger partial charge in [0.05, 0.1) is 0 Å². The Labute approximate surface area is 93.4 Å². The fourth-order valence-corrected chi connectivity index (χ4v) is 1.83. The number of hydrogen-bond acceptors (Lipinski definition) is 4. The predicted octanol–water partition coefficient (Wildman–Crippen LogP) is 2.75. The van der Waals surface area contributed by atoms with E-state index in [2.05, 4.69) is 45.9 Å². The van der Waals surface area contributed by atoms with Crippen molar-refractivity contribution in [2.45, 2.75) is 12.8 Å². The van der Waals surface area contributed by atoms with Gasteiger partial charge in [0.25, 0.3) is 0 Å². The quantitative estimate of drug-likeness (QED) is 0.859. The van der Waals surface area contributed by atoms with Crippen molar-refractivity contribution in [2.75, 3.05) is 11.9 Å². The lowest BCUT2D eigenvalue weighted by atomic mass is 10.0. The van der Waals surface area contributed by atoms with Crippen molar-refractivity contribution in [1.82, 2.24) is 9.36 Å². The van der Waals surface area contributed by atoms with Crippen molar-refractivity contribution in [3.05, 3.63) is 42.2 Å². The lowest BCUT2D eigenvalue weighted by Gasteiger charge is -2.11. The summed E-state index contributed by atoms with van der Waals surface area (Å²) in [4.78, 5) is 4.08. The SMILES string of the molecule is CC(CNc1ncns1)c1ccccc1. The van der Waals surface area contributed by atoms with Crippen LogP contribution in [0.5, 0.6) is 0 Å². The number of nitrogens with zero attached hydrogens (tertiary/aromatic N) is 2. The smallest absolute Gasteiger partial charge is 0.202 e. The van der Waals surface area contributed by atoms with E-state index < -0.39 is 0 Å². The Morgan fingerprint density at radius 1 is 1.33 bits per heavy atom. The van der Waals surface area contributed by atoms with Gasteiger partial charge in [0.2, 0.25) is 5.13 Å². The molecule has 0 aliphatic rings. The van der Waals surface area contributed by atoms with E-state index in [1.807, 2.05) is 6.07 Å². The molecule has 3 nitrogen and oxygen atoms in total. The minimum Gasteiger partial charge on any atom is -0.360 e. The maximum absolute atomic E-state index is 4.08. The second kappa shape index (κ2) is 4.89. The summed E-state index contributed by atoms with van der Waals surface area (Å²) in [6.07, 6.45) is 1.57. The van der Waals surface area contributed by atoms with Crippen molar-refractivity contribution in [1.29, 1.82) is 0 Å². The maximum Gasteiger partial charge on any atom is 0.202 e. The van der Waals surface area contributed by atoms with E-state index in [1.54, 1.807) is 6.33 Å². The molecule has 2 rings (SSSR count). The topological polar surface area (TPSA) is 37.8 Å². The molecule has 1 aromatic carbocycles. The third kappa shape index (κ3) is 2.76. The third-order valence-corrected chi connectivity index (χ3v) is 2.91.